The highest BCUT2D eigenvalue weighted by Crippen LogP contribution is 2.26. The molecule has 0 aromatic heterocycles. The summed E-state index contributed by atoms with van der Waals surface area (Å²) in [7, 11) is 0. The van der Waals surface area contributed by atoms with Crippen molar-refractivity contribution in [2.24, 2.45) is 0 Å². The highest BCUT2D eigenvalue weighted by atomic mass is 16.7. The van der Waals surface area contributed by atoms with E-state index in [0.717, 1.165) is 0 Å². The molecular formula is C11H20O10. The van der Waals surface area contributed by atoms with Crippen molar-refractivity contribution in [2.45, 2.75) is 55.3 Å². The molecule has 0 aromatic rings. The van der Waals surface area contributed by atoms with Crippen LogP contribution in [-0.4, -0.2) is 104 Å². The summed E-state index contributed by atoms with van der Waals surface area (Å²) >= 11 is 0. The van der Waals surface area contributed by atoms with Crippen molar-refractivity contribution in [2.75, 3.05) is 13.2 Å². The Morgan fingerprint density at radius 3 is 2.19 bits per heavy atom. The highest BCUT2D eigenvalue weighted by molar-refractivity contribution is 4.91. The lowest BCUT2D eigenvalue weighted by Gasteiger charge is -2.43. The lowest BCUT2D eigenvalue weighted by molar-refractivity contribution is -0.343. The molecule has 7 N–H and O–H groups in total. The van der Waals surface area contributed by atoms with E-state index >= 15 is 0 Å². The van der Waals surface area contributed by atoms with E-state index in [-0.39, 0.29) is 6.61 Å². The van der Waals surface area contributed by atoms with Gasteiger partial charge in [0.25, 0.3) is 0 Å². The third-order valence-corrected chi connectivity index (χ3v) is 3.59. The van der Waals surface area contributed by atoms with Crippen LogP contribution in [0.15, 0.2) is 0 Å². The maximum Gasteiger partial charge on any atom is 0.186 e. The topological polar surface area (TPSA) is 169 Å². The molecule has 2 aliphatic heterocycles. The normalized spacial score (nSPS) is 51.9. The van der Waals surface area contributed by atoms with Gasteiger partial charge in [-0.2, -0.15) is 0 Å². The van der Waals surface area contributed by atoms with E-state index in [0.29, 0.717) is 0 Å². The van der Waals surface area contributed by atoms with Gasteiger partial charge >= 0.3 is 0 Å². The van der Waals surface area contributed by atoms with Gasteiger partial charge in [0, 0.05) is 0 Å². The van der Waals surface area contributed by atoms with Gasteiger partial charge in [-0.15, -0.1) is 0 Å². The van der Waals surface area contributed by atoms with Crippen LogP contribution in [0.5, 0.6) is 0 Å². The summed E-state index contributed by atoms with van der Waals surface area (Å²) in [6, 6.07) is 0. The van der Waals surface area contributed by atoms with E-state index in [9.17, 15) is 30.6 Å². The average molecular weight is 312 g/mol. The van der Waals surface area contributed by atoms with E-state index in [1.807, 2.05) is 0 Å². The van der Waals surface area contributed by atoms with Crippen LogP contribution in [0.2, 0.25) is 0 Å². The quantitative estimate of drug-likeness (QED) is 0.268. The Morgan fingerprint density at radius 2 is 1.57 bits per heavy atom. The Kier molecular flexibility index (Phi) is 5.48. The first-order valence-electron chi connectivity index (χ1n) is 6.48. The summed E-state index contributed by atoms with van der Waals surface area (Å²) in [5.74, 6) is 0. The Morgan fingerprint density at radius 1 is 0.905 bits per heavy atom. The zero-order valence-corrected chi connectivity index (χ0v) is 11.0. The van der Waals surface area contributed by atoms with E-state index in [4.69, 9.17) is 19.3 Å². The molecule has 2 aliphatic rings. The predicted molar refractivity (Wildman–Crippen MR) is 62.6 cm³/mol. The van der Waals surface area contributed by atoms with Crippen molar-refractivity contribution in [1.82, 2.24) is 0 Å². The van der Waals surface area contributed by atoms with Crippen LogP contribution < -0.4 is 0 Å². The van der Waals surface area contributed by atoms with E-state index in [1.54, 1.807) is 0 Å². The number of ether oxygens (including phenoxy) is 3. The Labute approximate surface area is 119 Å². The maximum atomic E-state index is 9.92. The summed E-state index contributed by atoms with van der Waals surface area (Å²) in [6.07, 6.45) is -13.3. The molecule has 2 saturated heterocycles. The predicted octanol–water partition coefficient (Wildman–Crippen LogP) is -4.76. The van der Waals surface area contributed by atoms with Crippen LogP contribution in [0, 0.1) is 0 Å². The van der Waals surface area contributed by atoms with Crippen LogP contribution >= 0.6 is 0 Å². The molecular weight excluding hydrogens is 292 g/mol. The first kappa shape index (κ1) is 17.0. The van der Waals surface area contributed by atoms with Gasteiger partial charge < -0.3 is 50.0 Å². The third kappa shape index (κ3) is 3.35. The molecule has 0 radical (unpaired) electrons. The van der Waals surface area contributed by atoms with Crippen molar-refractivity contribution >= 4 is 0 Å². The molecule has 2 rings (SSSR count). The van der Waals surface area contributed by atoms with Gasteiger partial charge in [0.2, 0.25) is 0 Å². The molecule has 0 aromatic carbocycles. The van der Waals surface area contributed by atoms with Crippen molar-refractivity contribution in [1.29, 1.82) is 0 Å². The Bertz CT molecular complexity index is 341. The lowest BCUT2D eigenvalue weighted by Crippen LogP contribution is -2.62. The van der Waals surface area contributed by atoms with Crippen LogP contribution in [0.25, 0.3) is 0 Å². The first-order valence-corrected chi connectivity index (χ1v) is 6.48. The minimum Gasteiger partial charge on any atom is -0.394 e. The second-order valence-corrected chi connectivity index (χ2v) is 5.08. The van der Waals surface area contributed by atoms with Crippen molar-refractivity contribution in [3.63, 3.8) is 0 Å². The second kappa shape index (κ2) is 6.79. The molecule has 0 aliphatic carbocycles. The molecule has 0 spiro atoms. The number of aliphatic hydroxyl groups is 7. The molecule has 10 heteroatoms. The van der Waals surface area contributed by atoms with Crippen LogP contribution in [-0.2, 0) is 14.2 Å². The van der Waals surface area contributed by atoms with E-state index in [2.05, 4.69) is 0 Å². The van der Waals surface area contributed by atoms with Crippen molar-refractivity contribution in [3.8, 4) is 0 Å². The van der Waals surface area contributed by atoms with Gasteiger partial charge in [0.1, 0.15) is 42.7 Å². The molecule has 10 nitrogen and oxygen atoms in total. The number of rotatable bonds is 3. The third-order valence-electron chi connectivity index (χ3n) is 3.59. The summed E-state index contributed by atoms with van der Waals surface area (Å²) in [5.41, 5.74) is 0. The minimum atomic E-state index is -1.70. The first-order chi connectivity index (χ1) is 9.86. The molecule has 2 fully saturated rings. The summed E-state index contributed by atoms with van der Waals surface area (Å²) < 4.78 is 15.0. The maximum absolute atomic E-state index is 9.92. The average Bonchev–Trinajstić information content (AvgIpc) is 2.47. The number of aliphatic hydroxyl groups excluding tert-OH is 7. The van der Waals surface area contributed by atoms with Crippen molar-refractivity contribution < 1.29 is 50.0 Å². The van der Waals surface area contributed by atoms with Gasteiger partial charge in [-0.1, -0.05) is 0 Å². The van der Waals surface area contributed by atoms with Crippen molar-refractivity contribution in [3.05, 3.63) is 0 Å². The van der Waals surface area contributed by atoms with Crippen LogP contribution in [0.4, 0.5) is 0 Å². The molecule has 9 atom stereocenters. The summed E-state index contributed by atoms with van der Waals surface area (Å²) in [6.45, 7) is -0.940. The monoisotopic (exact) mass is 312 g/mol. The van der Waals surface area contributed by atoms with Gasteiger partial charge in [-0.25, -0.2) is 0 Å². The molecule has 21 heavy (non-hydrogen) atoms. The zero-order chi connectivity index (χ0) is 15.7. The molecule has 0 bridgehead atoms. The molecule has 124 valence electrons. The van der Waals surface area contributed by atoms with Crippen LogP contribution in [0.1, 0.15) is 0 Å². The van der Waals surface area contributed by atoms with Crippen LogP contribution in [0.3, 0.4) is 0 Å². The fourth-order valence-corrected chi connectivity index (χ4v) is 2.28. The molecule has 0 amide bonds. The SMILES string of the molecule is OC[C@H]1O[C@H](O)[C@H](O)[C@H](O[C@@H]2OC[C@H](O)[C@H](O)[C@@H]2O)[C@H]1O. The Hall–Kier alpha value is -0.400. The number of hydrogen-bond donors (Lipinski definition) is 7. The fraction of sp³-hybridized carbons (Fsp3) is 1.00. The fourth-order valence-electron chi connectivity index (χ4n) is 2.28. The van der Waals surface area contributed by atoms with Gasteiger partial charge in [-0.05, 0) is 0 Å². The van der Waals surface area contributed by atoms with Gasteiger partial charge in [0.15, 0.2) is 12.6 Å². The zero-order valence-electron chi connectivity index (χ0n) is 11.0. The van der Waals surface area contributed by atoms with E-state index < -0.39 is 61.9 Å². The lowest BCUT2D eigenvalue weighted by atomic mass is 9.98. The standard InChI is InChI=1S/C11H20O10/c12-1-4-6(15)9(8(17)10(18)20-4)21-11-7(16)5(14)3(13)2-19-11/h3-18H,1-2H2/t3-,4+,5-,6-,7-,8+,9+,10-,11-/m0/s1. The largest absolute Gasteiger partial charge is 0.394 e. The summed E-state index contributed by atoms with van der Waals surface area (Å²) in [4.78, 5) is 0. The minimum absolute atomic E-state index is 0.315. The Balaban J connectivity index is 2.05. The summed E-state index contributed by atoms with van der Waals surface area (Å²) in [5, 5.41) is 66.8. The van der Waals surface area contributed by atoms with Gasteiger partial charge in [0.05, 0.1) is 13.2 Å². The smallest absolute Gasteiger partial charge is 0.186 e. The van der Waals surface area contributed by atoms with E-state index in [1.165, 1.54) is 0 Å². The highest BCUT2D eigenvalue weighted by Gasteiger charge is 2.48. The molecule has 2 heterocycles. The number of hydrogen-bond acceptors (Lipinski definition) is 10. The molecule has 0 unspecified atom stereocenters. The molecule has 0 saturated carbocycles. The second-order valence-electron chi connectivity index (χ2n) is 5.08. The van der Waals surface area contributed by atoms with Gasteiger partial charge in [-0.3, -0.25) is 0 Å².